The van der Waals surface area contributed by atoms with Gasteiger partial charge < -0.3 is 0 Å². The average Bonchev–Trinajstić information content (AvgIpc) is 2.56. The largest absolute Gasteiger partial charge is 0.225 e. The molecule has 0 aliphatic carbocycles. The SMILES string of the molecule is CCCCCCCCCCCCCCCCc1ncncn1. The molecule has 0 saturated heterocycles. The molecule has 1 aromatic rings. The second kappa shape index (κ2) is 14.9. The maximum Gasteiger partial charge on any atom is 0.131 e. The van der Waals surface area contributed by atoms with Gasteiger partial charge in [-0.05, 0) is 6.42 Å². The highest BCUT2D eigenvalue weighted by molar-refractivity contribution is 4.80. The first kappa shape index (κ1) is 19.1. The Morgan fingerprint density at radius 1 is 0.591 bits per heavy atom. The Labute approximate surface area is 137 Å². The Morgan fingerprint density at radius 2 is 1.00 bits per heavy atom. The number of aryl methyl sites for hydroxylation is 1. The van der Waals surface area contributed by atoms with E-state index in [9.17, 15) is 0 Å². The van der Waals surface area contributed by atoms with Crippen molar-refractivity contribution in [3.63, 3.8) is 0 Å². The van der Waals surface area contributed by atoms with Crippen LogP contribution in [-0.2, 0) is 6.42 Å². The Hall–Kier alpha value is -0.990. The third-order valence-electron chi connectivity index (χ3n) is 4.30. The lowest BCUT2D eigenvalue weighted by molar-refractivity contribution is 0.534. The average molecular weight is 306 g/mol. The van der Waals surface area contributed by atoms with E-state index >= 15 is 0 Å². The summed E-state index contributed by atoms with van der Waals surface area (Å²) >= 11 is 0. The van der Waals surface area contributed by atoms with E-state index in [1.165, 1.54) is 89.9 Å². The summed E-state index contributed by atoms with van der Waals surface area (Å²) in [6.45, 7) is 2.28. The molecule has 1 heterocycles. The van der Waals surface area contributed by atoms with Crippen molar-refractivity contribution < 1.29 is 0 Å². The van der Waals surface area contributed by atoms with Crippen LogP contribution in [0.15, 0.2) is 12.7 Å². The molecule has 0 aliphatic rings. The van der Waals surface area contributed by atoms with E-state index in [2.05, 4.69) is 21.9 Å². The molecule has 0 amide bonds. The van der Waals surface area contributed by atoms with E-state index in [1.807, 2.05) is 0 Å². The van der Waals surface area contributed by atoms with Crippen molar-refractivity contribution in [2.45, 2.75) is 103 Å². The number of hydrogen-bond acceptors (Lipinski definition) is 3. The highest BCUT2D eigenvalue weighted by Gasteiger charge is 1.96. The molecule has 3 nitrogen and oxygen atoms in total. The zero-order valence-corrected chi connectivity index (χ0v) is 14.6. The first-order valence-corrected chi connectivity index (χ1v) is 9.54. The highest BCUT2D eigenvalue weighted by Crippen LogP contribution is 2.13. The normalized spacial score (nSPS) is 11.0. The predicted molar refractivity (Wildman–Crippen MR) is 93.8 cm³/mol. The van der Waals surface area contributed by atoms with Gasteiger partial charge in [0.25, 0.3) is 0 Å². The molecule has 0 saturated carbocycles. The summed E-state index contributed by atoms with van der Waals surface area (Å²) in [4.78, 5) is 12.2. The second-order valence-corrected chi connectivity index (χ2v) is 6.40. The molecule has 22 heavy (non-hydrogen) atoms. The van der Waals surface area contributed by atoms with Crippen LogP contribution in [0.1, 0.15) is 103 Å². The Balaban J connectivity index is 1.73. The second-order valence-electron chi connectivity index (χ2n) is 6.40. The van der Waals surface area contributed by atoms with Gasteiger partial charge in [-0.15, -0.1) is 0 Å². The molecule has 0 fully saturated rings. The fraction of sp³-hybridized carbons (Fsp3) is 0.842. The molecule has 0 N–H and O–H groups in total. The van der Waals surface area contributed by atoms with Crippen molar-refractivity contribution in [3.8, 4) is 0 Å². The van der Waals surface area contributed by atoms with Crippen LogP contribution < -0.4 is 0 Å². The number of unbranched alkanes of at least 4 members (excludes halogenated alkanes) is 13. The summed E-state index contributed by atoms with van der Waals surface area (Å²) in [7, 11) is 0. The van der Waals surface area contributed by atoms with Gasteiger partial charge >= 0.3 is 0 Å². The molecule has 0 aromatic carbocycles. The van der Waals surface area contributed by atoms with Crippen molar-refractivity contribution in [2.75, 3.05) is 0 Å². The zero-order chi connectivity index (χ0) is 15.7. The minimum absolute atomic E-state index is 0.939. The lowest BCUT2D eigenvalue weighted by Crippen LogP contribution is -1.94. The monoisotopic (exact) mass is 305 g/mol. The van der Waals surface area contributed by atoms with Gasteiger partial charge in [0, 0.05) is 6.42 Å². The number of rotatable bonds is 15. The fourth-order valence-corrected chi connectivity index (χ4v) is 2.87. The molecule has 0 bridgehead atoms. The molecule has 0 spiro atoms. The third-order valence-corrected chi connectivity index (χ3v) is 4.30. The summed E-state index contributed by atoms with van der Waals surface area (Å²) in [5, 5.41) is 0. The highest BCUT2D eigenvalue weighted by atomic mass is 15.0. The van der Waals surface area contributed by atoms with E-state index in [-0.39, 0.29) is 0 Å². The van der Waals surface area contributed by atoms with Gasteiger partial charge in [-0.2, -0.15) is 0 Å². The van der Waals surface area contributed by atoms with Crippen LogP contribution in [0, 0.1) is 0 Å². The topological polar surface area (TPSA) is 38.7 Å². The summed E-state index contributed by atoms with van der Waals surface area (Å²) in [6, 6.07) is 0. The summed E-state index contributed by atoms with van der Waals surface area (Å²) < 4.78 is 0. The number of hydrogen-bond donors (Lipinski definition) is 0. The van der Waals surface area contributed by atoms with Crippen LogP contribution in [0.4, 0.5) is 0 Å². The minimum atomic E-state index is 0.939. The fourth-order valence-electron chi connectivity index (χ4n) is 2.87. The molecule has 1 aromatic heterocycles. The standard InChI is InChI=1S/C19H35N3/c1-2-3-4-5-6-7-8-9-10-11-12-13-14-15-16-19-21-17-20-18-22-19/h17-18H,2-16H2,1H3. The van der Waals surface area contributed by atoms with Gasteiger partial charge in [0.2, 0.25) is 0 Å². The first-order valence-electron chi connectivity index (χ1n) is 9.54. The van der Waals surface area contributed by atoms with Crippen LogP contribution >= 0.6 is 0 Å². The Bertz CT molecular complexity index is 327. The molecule has 0 aliphatic heterocycles. The smallest absolute Gasteiger partial charge is 0.131 e. The quantitative estimate of drug-likeness (QED) is 0.379. The molecular formula is C19H35N3. The molecular weight excluding hydrogens is 270 g/mol. The van der Waals surface area contributed by atoms with Gasteiger partial charge in [-0.3, -0.25) is 0 Å². The van der Waals surface area contributed by atoms with Crippen molar-refractivity contribution >= 4 is 0 Å². The van der Waals surface area contributed by atoms with Crippen LogP contribution in [0.25, 0.3) is 0 Å². The zero-order valence-electron chi connectivity index (χ0n) is 14.6. The van der Waals surface area contributed by atoms with Gasteiger partial charge in [0.1, 0.15) is 18.5 Å². The van der Waals surface area contributed by atoms with Gasteiger partial charge in [-0.25, -0.2) is 15.0 Å². The van der Waals surface area contributed by atoms with Gasteiger partial charge in [-0.1, -0.05) is 90.4 Å². The van der Waals surface area contributed by atoms with E-state index in [1.54, 1.807) is 12.7 Å². The summed E-state index contributed by atoms with van der Waals surface area (Å²) in [6.07, 6.45) is 23.8. The van der Waals surface area contributed by atoms with Gasteiger partial charge in [0.15, 0.2) is 0 Å². The van der Waals surface area contributed by atoms with Crippen molar-refractivity contribution in [1.29, 1.82) is 0 Å². The maximum atomic E-state index is 4.16. The molecule has 0 unspecified atom stereocenters. The molecule has 126 valence electrons. The van der Waals surface area contributed by atoms with Crippen molar-refractivity contribution in [2.24, 2.45) is 0 Å². The molecule has 3 heteroatoms. The molecule has 0 atom stereocenters. The van der Waals surface area contributed by atoms with Crippen molar-refractivity contribution in [3.05, 3.63) is 18.5 Å². The molecule has 1 rings (SSSR count). The first-order chi connectivity index (χ1) is 10.9. The number of aromatic nitrogens is 3. The van der Waals surface area contributed by atoms with Crippen LogP contribution in [0.3, 0.4) is 0 Å². The van der Waals surface area contributed by atoms with Crippen LogP contribution in [0.5, 0.6) is 0 Å². The summed E-state index contributed by atoms with van der Waals surface area (Å²) in [5.74, 6) is 0.939. The van der Waals surface area contributed by atoms with Crippen molar-refractivity contribution in [1.82, 2.24) is 15.0 Å². The number of nitrogens with zero attached hydrogens (tertiary/aromatic N) is 3. The Kier molecular flexibility index (Phi) is 12.9. The van der Waals surface area contributed by atoms with E-state index < -0.39 is 0 Å². The van der Waals surface area contributed by atoms with E-state index in [0.717, 1.165) is 12.2 Å². The lowest BCUT2D eigenvalue weighted by atomic mass is 10.0. The summed E-state index contributed by atoms with van der Waals surface area (Å²) in [5.41, 5.74) is 0. The third kappa shape index (κ3) is 11.6. The van der Waals surface area contributed by atoms with Gasteiger partial charge in [0.05, 0.1) is 0 Å². The lowest BCUT2D eigenvalue weighted by Gasteiger charge is -2.03. The predicted octanol–water partition coefficient (Wildman–Crippen LogP) is 5.90. The maximum absolute atomic E-state index is 4.16. The minimum Gasteiger partial charge on any atom is -0.225 e. The van der Waals surface area contributed by atoms with E-state index in [4.69, 9.17) is 0 Å². The Morgan fingerprint density at radius 3 is 1.45 bits per heavy atom. The van der Waals surface area contributed by atoms with Crippen LogP contribution in [0.2, 0.25) is 0 Å². The molecule has 0 radical (unpaired) electrons. The van der Waals surface area contributed by atoms with E-state index in [0.29, 0.717) is 0 Å². The van der Waals surface area contributed by atoms with Crippen LogP contribution in [-0.4, -0.2) is 15.0 Å².